The zero-order valence-corrected chi connectivity index (χ0v) is 12.4. The average Bonchev–Trinajstić information content (AvgIpc) is 3.21. The Bertz CT molecular complexity index is 390. The summed E-state index contributed by atoms with van der Waals surface area (Å²) in [5, 5.41) is 3.60. The van der Waals surface area contributed by atoms with Crippen molar-refractivity contribution in [1.82, 2.24) is 10.2 Å². The van der Waals surface area contributed by atoms with Crippen LogP contribution in [0.5, 0.6) is 5.75 Å². The third-order valence-corrected chi connectivity index (χ3v) is 3.59. The molecule has 19 heavy (non-hydrogen) atoms. The fraction of sp³-hybridized carbons (Fsp3) is 0.625. The lowest BCUT2D eigenvalue weighted by Gasteiger charge is -2.22. The number of rotatable bonds is 8. The van der Waals surface area contributed by atoms with Crippen molar-refractivity contribution in [2.45, 2.75) is 32.4 Å². The number of nitrogens with zero attached hydrogens (tertiary/aromatic N) is 1. The van der Waals surface area contributed by atoms with Gasteiger partial charge in [0.25, 0.3) is 0 Å². The highest BCUT2D eigenvalue weighted by Crippen LogP contribution is 2.20. The van der Waals surface area contributed by atoms with Crippen molar-refractivity contribution in [3.63, 3.8) is 0 Å². The van der Waals surface area contributed by atoms with E-state index in [1.807, 2.05) is 12.1 Å². The van der Waals surface area contributed by atoms with Gasteiger partial charge in [0.1, 0.15) is 5.75 Å². The topological polar surface area (TPSA) is 24.5 Å². The van der Waals surface area contributed by atoms with Crippen LogP contribution in [0.3, 0.4) is 0 Å². The first-order valence-corrected chi connectivity index (χ1v) is 7.23. The maximum Gasteiger partial charge on any atom is 0.123 e. The predicted molar refractivity (Wildman–Crippen MR) is 79.5 cm³/mol. The number of nitrogens with one attached hydrogen (secondary N) is 1. The lowest BCUT2D eigenvalue weighted by molar-refractivity contribution is 0.269. The molecule has 2 rings (SSSR count). The summed E-state index contributed by atoms with van der Waals surface area (Å²) in [5.41, 5.74) is 1.26. The predicted octanol–water partition coefficient (Wildman–Crippen LogP) is 2.52. The van der Waals surface area contributed by atoms with Gasteiger partial charge >= 0.3 is 0 Å². The van der Waals surface area contributed by atoms with Gasteiger partial charge in [-0.25, -0.2) is 0 Å². The Hall–Kier alpha value is -1.06. The van der Waals surface area contributed by atoms with E-state index >= 15 is 0 Å². The van der Waals surface area contributed by atoms with E-state index in [9.17, 15) is 0 Å². The highest BCUT2D eigenvalue weighted by Gasteiger charge is 2.21. The van der Waals surface area contributed by atoms with Gasteiger partial charge in [0.15, 0.2) is 0 Å². The molecule has 1 aromatic carbocycles. The minimum absolute atomic E-state index is 0.681. The summed E-state index contributed by atoms with van der Waals surface area (Å²) in [5.74, 6) is 1.67. The van der Waals surface area contributed by atoms with Crippen molar-refractivity contribution in [2.75, 3.05) is 27.2 Å². The molecule has 1 aliphatic rings. The van der Waals surface area contributed by atoms with Crippen molar-refractivity contribution in [3.8, 4) is 5.75 Å². The van der Waals surface area contributed by atoms with Crippen LogP contribution in [0.1, 0.15) is 25.3 Å². The molecular weight excluding hydrogens is 236 g/mol. The molecule has 1 N–H and O–H groups in total. The second kappa shape index (κ2) is 6.92. The van der Waals surface area contributed by atoms with Crippen LogP contribution in [-0.2, 0) is 6.54 Å². The molecule has 0 bridgehead atoms. The first-order chi connectivity index (χ1) is 9.19. The second-order valence-corrected chi connectivity index (χ2v) is 5.80. The molecule has 0 heterocycles. The lowest BCUT2D eigenvalue weighted by atomic mass is 10.1. The summed E-state index contributed by atoms with van der Waals surface area (Å²) in [6, 6.07) is 9.07. The Morgan fingerprint density at radius 2 is 2.11 bits per heavy atom. The third kappa shape index (κ3) is 4.84. The van der Waals surface area contributed by atoms with Crippen LogP contribution in [0.15, 0.2) is 24.3 Å². The standard InChI is InChI=1S/C16H26N2O/c1-13(10-17-15-8-9-15)11-18(2)12-14-6-4-5-7-16(14)19-3/h4-7,13,15,17H,8-12H2,1-3H3. The first-order valence-electron chi connectivity index (χ1n) is 7.23. The van der Waals surface area contributed by atoms with Gasteiger partial charge in [0.2, 0.25) is 0 Å². The van der Waals surface area contributed by atoms with Crippen LogP contribution in [0.2, 0.25) is 0 Å². The Morgan fingerprint density at radius 3 is 2.79 bits per heavy atom. The third-order valence-electron chi connectivity index (χ3n) is 3.59. The highest BCUT2D eigenvalue weighted by molar-refractivity contribution is 5.32. The van der Waals surface area contributed by atoms with Crippen LogP contribution in [0.25, 0.3) is 0 Å². The van der Waals surface area contributed by atoms with E-state index in [0.717, 1.165) is 31.4 Å². The van der Waals surface area contributed by atoms with Crippen LogP contribution in [0, 0.1) is 5.92 Å². The van der Waals surface area contributed by atoms with Crippen molar-refractivity contribution in [1.29, 1.82) is 0 Å². The fourth-order valence-corrected chi connectivity index (χ4v) is 2.44. The molecule has 3 nitrogen and oxygen atoms in total. The number of ether oxygens (including phenoxy) is 1. The van der Waals surface area contributed by atoms with Crippen molar-refractivity contribution < 1.29 is 4.74 Å². The van der Waals surface area contributed by atoms with Gasteiger partial charge in [-0.2, -0.15) is 0 Å². The molecule has 0 amide bonds. The van der Waals surface area contributed by atoms with E-state index in [4.69, 9.17) is 4.74 Å². The second-order valence-electron chi connectivity index (χ2n) is 5.80. The summed E-state index contributed by atoms with van der Waals surface area (Å²) >= 11 is 0. The van der Waals surface area contributed by atoms with E-state index in [2.05, 4.69) is 36.3 Å². The summed E-state index contributed by atoms with van der Waals surface area (Å²) in [6.45, 7) is 5.49. The molecule has 0 aliphatic heterocycles. The van der Waals surface area contributed by atoms with Gasteiger partial charge in [-0.05, 0) is 38.4 Å². The molecule has 1 aliphatic carbocycles. The monoisotopic (exact) mass is 262 g/mol. The highest BCUT2D eigenvalue weighted by atomic mass is 16.5. The van der Waals surface area contributed by atoms with Gasteiger partial charge < -0.3 is 15.0 Å². The molecule has 0 spiro atoms. The van der Waals surface area contributed by atoms with E-state index in [1.165, 1.54) is 18.4 Å². The summed E-state index contributed by atoms with van der Waals surface area (Å²) in [4.78, 5) is 2.37. The molecule has 3 heteroatoms. The van der Waals surface area contributed by atoms with Gasteiger partial charge in [-0.3, -0.25) is 0 Å². The SMILES string of the molecule is COc1ccccc1CN(C)CC(C)CNC1CC1. The van der Waals surface area contributed by atoms with Crippen LogP contribution in [-0.4, -0.2) is 38.2 Å². The van der Waals surface area contributed by atoms with E-state index in [0.29, 0.717) is 5.92 Å². The van der Waals surface area contributed by atoms with Gasteiger partial charge in [-0.15, -0.1) is 0 Å². The van der Waals surface area contributed by atoms with E-state index in [-0.39, 0.29) is 0 Å². The molecule has 106 valence electrons. The smallest absolute Gasteiger partial charge is 0.123 e. The van der Waals surface area contributed by atoms with Crippen LogP contribution < -0.4 is 10.1 Å². The molecule has 0 saturated heterocycles. The van der Waals surface area contributed by atoms with Crippen LogP contribution >= 0.6 is 0 Å². The number of methoxy groups -OCH3 is 1. The molecule has 0 radical (unpaired) electrons. The molecule has 1 saturated carbocycles. The molecular formula is C16H26N2O. The van der Waals surface area contributed by atoms with Crippen molar-refractivity contribution in [2.24, 2.45) is 5.92 Å². The largest absolute Gasteiger partial charge is 0.496 e. The number of para-hydroxylation sites is 1. The van der Waals surface area contributed by atoms with Gasteiger partial charge in [-0.1, -0.05) is 25.1 Å². The molecule has 1 unspecified atom stereocenters. The molecule has 0 aromatic heterocycles. The molecule has 1 aromatic rings. The maximum atomic E-state index is 5.40. The van der Waals surface area contributed by atoms with Gasteiger partial charge in [0.05, 0.1) is 7.11 Å². The summed E-state index contributed by atoms with van der Waals surface area (Å²) in [7, 11) is 3.92. The lowest BCUT2D eigenvalue weighted by Crippen LogP contribution is -2.31. The fourth-order valence-electron chi connectivity index (χ4n) is 2.44. The minimum Gasteiger partial charge on any atom is -0.496 e. The quantitative estimate of drug-likeness (QED) is 0.779. The van der Waals surface area contributed by atoms with Crippen LogP contribution in [0.4, 0.5) is 0 Å². The Balaban J connectivity index is 1.77. The zero-order chi connectivity index (χ0) is 13.7. The Labute approximate surface area is 116 Å². The normalized spacial score (nSPS) is 16.6. The van der Waals surface area contributed by atoms with E-state index in [1.54, 1.807) is 7.11 Å². The summed E-state index contributed by atoms with van der Waals surface area (Å²) < 4.78 is 5.40. The Morgan fingerprint density at radius 1 is 1.37 bits per heavy atom. The zero-order valence-electron chi connectivity index (χ0n) is 12.4. The average molecular weight is 262 g/mol. The Kier molecular flexibility index (Phi) is 5.23. The molecule has 1 fully saturated rings. The maximum absolute atomic E-state index is 5.40. The van der Waals surface area contributed by atoms with E-state index < -0.39 is 0 Å². The van der Waals surface area contributed by atoms with Crippen molar-refractivity contribution in [3.05, 3.63) is 29.8 Å². The van der Waals surface area contributed by atoms with Gasteiger partial charge in [0, 0.05) is 24.7 Å². The minimum atomic E-state index is 0.681. The number of hydrogen-bond acceptors (Lipinski definition) is 3. The first kappa shape index (κ1) is 14.4. The number of hydrogen-bond donors (Lipinski definition) is 1. The van der Waals surface area contributed by atoms with Crippen molar-refractivity contribution >= 4 is 0 Å². The number of benzene rings is 1. The molecule has 1 atom stereocenters. The summed E-state index contributed by atoms with van der Waals surface area (Å²) in [6.07, 6.45) is 2.73.